The Labute approximate surface area is 74.3 Å². The van der Waals surface area contributed by atoms with Gasteiger partial charge in [-0.1, -0.05) is 11.6 Å². The number of halogens is 2. The summed E-state index contributed by atoms with van der Waals surface area (Å²) < 4.78 is 0. The number of nitrogens with two attached hydrogens (primary N) is 2. The molecule has 0 aromatic heterocycles. The van der Waals surface area contributed by atoms with Crippen LogP contribution in [0.1, 0.15) is 0 Å². The van der Waals surface area contributed by atoms with Crippen molar-refractivity contribution in [2.24, 2.45) is 11.5 Å². The van der Waals surface area contributed by atoms with Crippen molar-refractivity contribution in [3.63, 3.8) is 0 Å². The predicted octanol–water partition coefficient (Wildman–Crippen LogP) is -0.138. The van der Waals surface area contributed by atoms with E-state index in [0.717, 1.165) is 0 Å². The molecule has 0 aliphatic rings. The summed E-state index contributed by atoms with van der Waals surface area (Å²) >= 11 is 10.9. The van der Waals surface area contributed by atoms with Gasteiger partial charge in [0.05, 0.1) is 6.07 Å². The second-order valence-corrected chi connectivity index (χ2v) is 3.03. The first-order valence-electron chi connectivity index (χ1n) is 2.64. The molecule has 6 heteroatoms. The monoisotopic (exact) mass is 192 g/mol. The van der Waals surface area contributed by atoms with E-state index < -0.39 is 16.4 Å². The summed E-state index contributed by atoms with van der Waals surface area (Å²) in [5.74, 6) is 0. The lowest BCUT2D eigenvalue weighted by molar-refractivity contribution is 0.630. The van der Waals surface area contributed by atoms with Gasteiger partial charge in [-0.3, -0.25) is 5.73 Å². The third-order valence-corrected chi connectivity index (χ3v) is 2.08. The third kappa shape index (κ3) is 2.53. The van der Waals surface area contributed by atoms with Gasteiger partial charge in [-0.25, -0.2) is 0 Å². The van der Waals surface area contributed by atoms with Gasteiger partial charge >= 0.3 is 0 Å². The summed E-state index contributed by atoms with van der Waals surface area (Å²) in [5.41, 5.74) is 10.3. The first-order valence-corrected chi connectivity index (χ1v) is 3.45. The van der Waals surface area contributed by atoms with Crippen molar-refractivity contribution in [3.05, 3.63) is 0 Å². The highest BCUT2D eigenvalue weighted by molar-refractivity contribution is 6.34. The summed E-state index contributed by atoms with van der Waals surface area (Å²) in [7, 11) is 0. The van der Waals surface area contributed by atoms with Gasteiger partial charge in [0.1, 0.15) is 17.5 Å². The third-order valence-electron chi connectivity index (χ3n) is 1.04. The van der Waals surface area contributed by atoms with Crippen LogP contribution in [0.3, 0.4) is 0 Å². The average molecular weight is 193 g/mol. The highest BCUT2D eigenvalue weighted by atomic mass is 35.5. The molecule has 0 amide bonds. The molecule has 0 aromatic rings. The number of hydrogen-bond acceptors (Lipinski definition) is 4. The maximum Gasteiger partial charge on any atom is 0.197 e. The van der Waals surface area contributed by atoms with E-state index in [1.54, 1.807) is 6.07 Å². The van der Waals surface area contributed by atoms with Crippen LogP contribution in [0, 0.1) is 22.7 Å². The molecule has 4 nitrogen and oxygen atoms in total. The minimum atomic E-state index is -1.78. The first kappa shape index (κ1) is 10.5. The SMILES string of the molecule is N#CC(N)C(Cl)C(N)(Cl)C#N. The lowest BCUT2D eigenvalue weighted by Crippen LogP contribution is -2.50. The van der Waals surface area contributed by atoms with Crippen LogP contribution in [0.4, 0.5) is 0 Å². The number of nitriles is 2. The van der Waals surface area contributed by atoms with Gasteiger partial charge in [0.25, 0.3) is 0 Å². The molecule has 0 aliphatic carbocycles. The van der Waals surface area contributed by atoms with Gasteiger partial charge < -0.3 is 5.73 Å². The van der Waals surface area contributed by atoms with E-state index in [1.807, 2.05) is 0 Å². The highest BCUT2D eigenvalue weighted by Gasteiger charge is 2.36. The maximum atomic E-state index is 8.35. The fourth-order valence-electron chi connectivity index (χ4n) is 0.388. The standard InChI is InChI=1S/C5H6Cl2N4/c6-4(3(10)1-8)5(7,11)2-9/h3-4H,10-11H2. The molecule has 0 aliphatic heterocycles. The number of hydrogen-bond donors (Lipinski definition) is 2. The topological polar surface area (TPSA) is 99.6 Å². The molecule has 0 radical (unpaired) electrons. The Hall–Kier alpha value is -0.520. The fourth-order valence-corrected chi connectivity index (χ4v) is 0.629. The second kappa shape index (κ2) is 3.75. The normalized spacial score (nSPS) is 20.5. The molecule has 0 saturated carbocycles. The van der Waals surface area contributed by atoms with Gasteiger partial charge in [-0.15, -0.1) is 11.6 Å². The Morgan fingerprint density at radius 1 is 1.45 bits per heavy atom. The zero-order valence-corrected chi connectivity index (χ0v) is 6.97. The zero-order valence-electron chi connectivity index (χ0n) is 5.46. The summed E-state index contributed by atoms with van der Waals surface area (Å²) in [6.45, 7) is 0. The minimum Gasteiger partial charge on any atom is -0.315 e. The molecular weight excluding hydrogens is 187 g/mol. The number of nitrogens with zero attached hydrogens (tertiary/aromatic N) is 2. The van der Waals surface area contributed by atoms with E-state index in [-0.39, 0.29) is 0 Å². The van der Waals surface area contributed by atoms with E-state index in [0.29, 0.717) is 0 Å². The van der Waals surface area contributed by atoms with Crippen molar-refractivity contribution in [2.45, 2.75) is 16.4 Å². The maximum absolute atomic E-state index is 8.35. The number of alkyl halides is 2. The Balaban J connectivity index is 4.41. The summed E-state index contributed by atoms with van der Waals surface area (Å²) in [6.07, 6.45) is 0. The average Bonchev–Trinajstić information content (AvgIpc) is 2.01. The van der Waals surface area contributed by atoms with Crippen LogP contribution in [-0.4, -0.2) is 16.4 Å². The van der Waals surface area contributed by atoms with Crippen molar-refractivity contribution in [1.29, 1.82) is 10.5 Å². The summed E-state index contributed by atoms with van der Waals surface area (Å²) in [6, 6.07) is 2.13. The molecule has 0 heterocycles. The van der Waals surface area contributed by atoms with Crippen molar-refractivity contribution in [2.75, 3.05) is 0 Å². The second-order valence-electron chi connectivity index (χ2n) is 1.94. The highest BCUT2D eigenvalue weighted by Crippen LogP contribution is 2.19. The van der Waals surface area contributed by atoms with Crippen molar-refractivity contribution >= 4 is 23.2 Å². The molecule has 4 N–H and O–H groups in total. The molecule has 0 bridgehead atoms. The van der Waals surface area contributed by atoms with Crippen LogP contribution >= 0.6 is 23.2 Å². The molecule has 0 saturated heterocycles. The van der Waals surface area contributed by atoms with Crippen LogP contribution in [0.5, 0.6) is 0 Å². The first-order chi connectivity index (χ1) is 4.95. The molecular formula is C5H6Cl2N4. The van der Waals surface area contributed by atoms with Gasteiger partial charge in [0.15, 0.2) is 5.00 Å². The van der Waals surface area contributed by atoms with E-state index in [2.05, 4.69) is 0 Å². The quantitative estimate of drug-likeness (QED) is 0.470. The molecule has 11 heavy (non-hydrogen) atoms. The molecule has 60 valence electrons. The zero-order chi connectivity index (χ0) is 9.07. The van der Waals surface area contributed by atoms with Crippen LogP contribution in [0.25, 0.3) is 0 Å². The van der Waals surface area contributed by atoms with Crippen LogP contribution in [0.15, 0.2) is 0 Å². The number of rotatable bonds is 2. The minimum absolute atomic E-state index is 1.04. The van der Waals surface area contributed by atoms with Gasteiger partial charge in [-0.2, -0.15) is 10.5 Å². The van der Waals surface area contributed by atoms with E-state index in [9.17, 15) is 0 Å². The van der Waals surface area contributed by atoms with Crippen LogP contribution < -0.4 is 11.5 Å². The molecule has 0 aromatic carbocycles. The Morgan fingerprint density at radius 3 is 2.18 bits per heavy atom. The lowest BCUT2D eigenvalue weighted by atomic mass is 10.1. The smallest absolute Gasteiger partial charge is 0.197 e. The molecule has 3 atom stereocenters. The van der Waals surface area contributed by atoms with Crippen LogP contribution in [0.2, 0.25) is 0 Å². The largest absolute Gasteiger partial charge is 0.315 e. The molecule has 0 fully saturated rings. The predicted molar refractivity (Wildman–Crippen MR) is 41.6 cm³/mol. The van der Waals surface area contributed by atoms with Gasteiger partial charge in [0.2, 0.25) is 0 Å². The van der Waals surface area contributed by atoms with Crippen LogP contribution in [-0.2, 0) is 0 Å². The Bertz CT molecular complexity index is 214. The van der Waals surface area contributed by atoms with E-state index >= 15 is 0 Å². The Kier molecular flexibility index (Phi) is 3.57. The van der Waals surface area contributed by atoms with E-state index in [4.69, 9.17) is 45.2 Å². The van der Waals surface area contributed by atoms with Crippen molar-refractivity contribution in [1.82, 2.24) is 0 Å². The molecule has 0 spiro atoms. The lowest BCUT2D eigenvalue weighted by Gasteiger charge is -2.20. The van der Waals surface area contributed by atoms with Gasteiger partial charge in [-0.05, 0) is 0 Å². The van der Waals surface area contributed by atoms with Crippen molar-refractivity contribution in [3.8, 4) is 12.1 Å². The molecule has 0 rings (SSSR count). The summed E-state index contributed by atoms with van der Waals surface area (Å²) in [4.78, 5) is -1.78. The molecule has 3 unspecified atom stereocenters. The Morgan fingerprint density at radius 2 is 1.91 bits per heavy atom. The van der Waals surface area contributed by atoms with Crippen molar-refractivity contribution < 1.29 is 0 Å². The van der Waals surface area contributed by atoms with E-state index in [1.165, 1.54) is 6.07 Å². The fraction of sp³-hybridized carbons (Fsp3) is 0.600. The van der Waals surface area contributed by atoms with Gasteiger partial charge in [0, 0.05) is 0 Å². The summed E-state index contributed by atoms with van der Waals surface area (Å²) in [5, 5.41) is 15.5.